The summed E-state index contributed by atoms with van der Waals surface area (Å²) in [7, 11) is 0. The van der Waals surface area contributed by atoms with Crippen molar-refractivity contribution in [3.8, 4) is 0 Å². The lowest BCUT2D eigenvalue weighted by molar-refractivity contribution is -0.144. The topological polar surface area (TPSA) is 55.4 Å². The largest absolute Gasteiger partial charge is 0.464 e. The van der Waals surface area contributed by atoms with Gasteiger partial charge in [0.05, 0.1) is 6.61 Å². The van der Waals surface area contributed by atoms with Crippen molar-refractivity contribution in [3.05, 3.63) is 0 Å². The Labute approximate surface area is 75.0 Å². The third-order valence-corrected chi connectivity index (χ3v) is 2.49. The van der Waals surface area contributed by atoms with Gasteiger partial charge in [-0.1, -0.05) is 0 Å². The maximum Gasteiger partial charge on any atom is 0.339 e. The molecule has 0 aromatic rings. The molecule has 1 heterocycles. The Morgan fingerprint density at radius 1 is 1.83 bits per heavy atom. The normalized spacial score (nSPS) is 23.1. The van der Waals surface area contributed by atoms with Crippen molar-refractivity contribution in [2.24, 2.45) is 0 Å². The zero-order valence-corrected chi connectivity index (χ0v) is 7.65. The Morgan fingerprint density at radius 2 is 2.58 bits per heavy atom. The summed E-state index contributed by atoms with van der Waals surface area (Å²) in [4.78, 5) is 21.9. The molecule has 4 nitrogen and oxygen atoms in total. The molecule has 0 aliphatic carbocycles. The van der Waals surface area contributed by atoms with Crippen molar-refractivity contribution >= 4 is 23.6 Å². The molecule has 68 valence electrons. The van der Waals surface area contributed by atoms with Crippen LogP contribution in [-0.4, -0.2) is 29.6 Å². The number of amides is 1. The third-order valence-electron chi connectivity index (χ3n) is 1.41. The number of ether oxygens (including phenoxy) is 1. The molecule has 0 saturated carbocycles. The molecule has 0 bridgehead atoms. The molecule has 0 aromatic carbocycles. The second kappa shape index (κ2) is 4.35. The number of hydrogen-bond donors (Lipinski definition) is 1. The fourth-order valence-corrected chi connectivity index (χ4v) is 1.83. The molecule has 1 unspecified atom stereocenters. The summed E-state index contributed by atoms with van der Waals surface area (Å²) in [6, 6.07) is 0. The van der Waals surface area contributed by atoms with Crippen LogP contribution in [0.15, 0.2) is 0 Å². The number of carbonyl (C=O) groups is 2. The third kappa shape index (κ3) is 2.41. The number of thioether (sulfide) groups is 1. The van der Waals surface area contributed by atoms with E-state index in [1.807, 2.05) is 0 Å². The van der Waals surface area contributed by atoms with Crippen LogP contribution in [0.2, 0.25) is 0 Å². The van der Waals surface area contributed by atoms with Gasteiger partial charge in [0.2, 0.25) is 5.91 Å². The molecule has 1 aliphatic heterocycles. The number of rotatable bonds is 2. The predicted molar refractivity (Wildman–Crippen MR) is 45.6 cm³/mol. The lowest BCUT2D eigenvalue weighted by Gasteiger charge is -2.20. The Balaban J connectivity index is 2.40. The first kappa shape index (κ1) is 9.38. The van der Waals surface area contributed by atoms with E-state index >= 15 is 0 Å². The molecule has 0 radical (unpaired) electrons. The Bertz CT molecular complexity index is 195. The van der Waals surface area contributed by atoms with E-state index in [1.54, 1.807) is 6.92 Å². The predicted octanol–water partition coefficient (Wildman–Crippen LogP) is 0.129. The maximum atomic E-state index is 11.1. The maximum absolute atomic E-state index is 11.1. The van der Waals surface area contributed by atoms with Gasteiger partial charge < -0.3 is 10.1 Å². The van der Waals surface area contributed by atoms with Crippen LogP contribution in [0.1, 0.15) is 13.3 Å². The average molecular weight is 189 g/mol. The van der Waals surface area contributed by atoms with Crippen LogP contribution in [0.3, 0.4) is 0 Å². The second-order valence-corrected chi connectivity index (χ2v) is 3.53. The Morgan fingerprint density at radius 3 is 3.17 bits per heavy atom. The van der Waals surface area contributed by atoms with E-state index in [-0.39, 0.29) is 11.9 Å². The molecule has 1 aliphatic rings. The molecule has 0 spiro atoms. The highest BCUT2D eigenvalue weighted by molar-refractivity contribution is 8.00. The van der Waals surface area contributed by atoms with Crippen LogP contribution in [0.25, 0.3) is 0 Å². The summed E-state index contributed by atoms with van der Waals surface area (Å²) in [5, 5.41) is 2.06. The summed E-state index contributed by atoms with van der Waals surface area (Å²) in [6.07, 6.45) is 0.487. The second-order valence-electron chi connectivity index (χ2n) is 2.32. The minimum atomic E-state index is -0.494. The van der Waals surface area contributed by atoms with Gasteiger partial charge in [0.25, 0.3) is 0 Å². The van der Waals surface area contributed by atoms with Crippen molar-refractivity contribution < 1.29 is 14.3 Å². The molecule has 1 amide bonds. The van der Waals surface area contributed by atoms with Crippen molar-refractivity contribution in [3.63, 3.8) is 0 Å². The van der Waals surface area contributed by atoms with Crippen LogP contribution in [0.4, 0.5) is 0 Å². The van der Waals surface area contributed by atoms with E-state index in [2.05, 4.69) is 5.32 Å². The minimum Gasteiger partial charge on any atom is -0.464 e. The SMILES string of the molecule is CCOC(=O)C1NC(=O)CCS1. The quantitative estimate of drug-likeness (QED) is 0.627. The van der Waals surface area contributed by atoms with Crippen LogP contribution in [-0.2, 0) is 14.3 Å². The summed E-state index contributed by atoms with van der Waals surface area (Å²) in [5.74, 6) is 0.261. The van der Waals surface area contributed by atoms with E-state index in [1.165, 1.54) is 11.8 Å². The number of carbonyl (C=O) groups excluding carboxylic acids is 2. The molecule has 1 fully saturated rings. The van der Waals surface area contributed by atoms with Crippen molar-refractivity contribution in [1.29, 1.82) is 0 Å². The van der Waals surface area contributed by atoms with Crippen molar-refractivity contribution in [2.75, 3.05) is 12.4 Å². The lowest BCUT2D eigenvalue weighted by atomic mass is 10.4. The van der Waals surface area contributed by atoms with Crippen molar-refractivity contribution in [1.82, 2.24) is 5.32 Å². The molecule has 5 heteroatoms. The molecule has 1 atom stereocenters. The molecule has 12 heavy (non-hydrogen) atoms. The van der Waals surface area contributed by atoms with E-state index in [4.69, 9.17) is 4.74 Å². The van der Waals surface area contributed by atoms with Crippen LogP contribution in [0, 0.1) is 0 Å². The number of esters is 1. The van der Waals surface area contributed by atoms with Gasteiger partial charge in [0.1, 0.15) is 0 Å². The summed E-state index contributed by atoms with van der Waals surface area (Å²) in [5.41, 5.74) is 0. The van der Waals surface area contributed by atoms with E-state index in [0.717, 1.165) is 0 Å². The van der Waals surface area contributed by atoms with Gasteiger partial charge in [-0.15, -0.1) is 11.8 Å². The minimum absolute atomic E-state index is 0.0770. The first-order valence-corrected chi connectivity index (χ1v) is 4.86. The highest BCUT2D eigenvalue weighted by Gasteiger charge is 2.25. The average Bonchev–Trinajstić information content (AvgIpc) is 2.05. The first-order valence-electron chi connectivity index (χ1n) is 3.81. The van der Waals surface area contributed by atoms with Gasteiger partial charge in [-0.3, -0.25) is 4.79 Å². The highest BCUT2D eigenvalue weighted by atomic mass is 32.2. The van der Waals surface area contributed by atoms with E-state index in [9.17, 15) is 9.59 Å². The van der Waals surface area contributed by atoms with Gasteiger partial charge in [-0.25, -0.2) is 4.79 Å². The smallest absolute Gasteiger partial charge is 0.339 e. The molecule has 1 N–H and O–H groups in total. The Kier molecular flexibility index (Phi) is 3.40. The zero-order chi connectivity index (χ0) is 8.97. The molecular formula is C7H11NO3S. The fourth-order valence-electron chi connectivity index (χ4n) is 0.874. The molecule has 1 saturated heterocycles. The van der Waals surface area contributed by atoms with E-state index < -0.39 is 5.37 Å². The molecular weight excluding hydrogens is 178 g/mol. The van der Waals surface area contributed by atoms with E-state index in [0.29, 0.717) is 18.8 Å². The number of hydrogen-bond acceptors (Lipinski definition) is 4. The fraction of sp³-hybridized carbons (Fsp3) is 0.714. The summed E-state index contributed by atoms with van der Waals surface area (Å²) in [6.45, 7) is 2.10. The molecule has 1 rings (SSSR count). The molecule has 0 aromatic heterocycles. The summed E-state index contributed by atoms with van der Waals surface area (Å²) < 4.78 is 4.76. The van der Waals surface area contributed by atoms with Crippen LogP contribution < -0.4 is 5.32 Å². The van der Waals surface area contributed by atoms with Gasteiger partial charge in [-0.2, -0.15) is 0 Å². The van der Waals surface area contributed by atoms with Gasteiger partial charge in [-0.05, 0) is 6.92 Å². The number of nitrogens with one attached hydrogen (secondary N) is 1. The van der Waals surface area contributed by atoms with Crippen LogP contribution >= 0.6 is 11.8 Å². The monoisotopic (exact) mass is 189 g/mol. The first-order chi connectivity index (χ1) is 5.74. The lowest BCUT2D eigenvalue weighted by Crippen LogP contribution is -2.43. The Hall–Kier alpha value is -0.710. The standard InChI is InChI=1S/C7H11NO3S/c1-2-11-7(10)6-8-5(9)3-4-12-6/h6H,2-4H2,1H3,(H,8,9). The van der Waals surface area contributed by atoms with Crippen molar-refractivity contribution in [2.45, 2.75) is 18.7 Å². The van der Waals surface area contributed by atoms with Crippen LogP contribution in [0.5, 0.6) is 0 Å². The summed E-state index contributed by atoms with van der Waals surface area (Å²) >= 11 is 1.41. The van der Waals surface area contributed by atoms with Gasteiger partial charge in [0, 0.05) is 12.2 Å². The van der Waals surface area contributed by atoms with Gasteiger partial charge in [0.15, 0.2) is 5.37 Å². The zero-order valence-electron chi connectivity index (χ0n) is 6.83. The highest BCUT2D eigenvalue weighted by Crippen LogP contribution is 2.15. The van der Waals surface area contributed by atoms with Gasteiger partial charge >= 0.3 is 5.97 Å².